The normalized spacial score (nSPS) is 15.9. The van der Waals surface area contributed by atoms with E-state index in [1.807, 2.05) is 30.4 Å². The molecule has 0 fully saturated rings. The van der Waals surface area contributed by atoms with Crippen molar-refractivity contribution in [1.29, 1.82) is 0 Å². The van der Waals surface area contributed by atoms with E-state index in [9.17, 15) is 4.79 Å². The van der Waals surface area contributed by atoms with Crippen LogP contribution in [0, 0.1) is 0 Å². The Morgan fingerprint density at radius 2 is 2.19 bits per heavy atom. The maximum Gasteiger partial charge on any atom is 0.305 e. The maximum absolute atomic E-state index is 11.2. The zero-order valence-corrected chi connectivity index (χ0v) is 17.4. The van der Waals surface area contributed by atoms with Gasteiger partial charge in [0.2, 0.25) is 0 Å². The zero-order valence-electron chi connectivity index (χ0n) is 17.4. The van der Waals surface area contributed by atoms with Crippen LogP contribution in [0.1, 0.15) is 30.9 Å². The molecule has 4 rings (SSSR count). The van der Waals surface area contributed by atoms with Gasteiger partial charge in [-0.3, -0.25) is 9.89 Å². The van der Waals surface area contributed by atoms with E-state index in [0.29, 0.717) is 43.4 Å². The Bertz CT molecular complexity index is 1110. The van der Waals surface area contributed by atoms with Crippen LogP contribution in [0.3, 0.4) is 0 Å². The van der Waals surface area contributed by atoms with Gasteiger partial charge >= 0.3 is 5.97 Å². The number of carbonyl (C=O) groups is 1. The van der Waals surface area contributed by atoms with Crippen LogP contribution in [0.2, 0.25) is 0 Å². The fourth-order valence-corrected chi connectivity index (χ4v) is 3.32. The average Bonchev–Trinajstić information content (AvgIpc) is 3.45. The van der Waals surface area contributed by atoms with Gasteiger partial charge in [0, 0.05) is 23.4 Å². The first-order valence-electron chi connectivity index (χ1n) is 9.98. The van der Waals surface area contributed by atoms with Crippen LogP contribution in [0.15, 0.2) is 58.7 Å². The monoisotopic (exact) mass is 424 g/mol. The Balaban J connectivity index is 1.37. The van der Waals surface area contributed by atoms with E-state index in [1.54, 1.807) is 19.5 Å². The number of rotatable bonds is 9. The second kappa shape index (κ2) is 9.38. The molecule has 1 atom stereocenters. The minimum atomic E-state index is -0.247. The van der Waals surface area contributed by atoms with Gasteiger partial charge in [0.15, 0.2) is 11.5 Å². The summed E-state index contributed by atoms with van der Waals surface area (Å²) in [6.07, 6.45) is 8.98. The van der Waals surface area contributed by atoms with Gasteiger partial charge in [-0.2, -0.15) is 5.10 Å². The van der Waals surface area contributed by atoms with E-state index < -0.39 is 0 Å². The lowest BCUT2D eigenvalue weighted by Crippen LogP contribution is -2.09. The van der Waals surface area contributed by atoms with E-state index in [1.165, 1.54) is 7.11 Å². The molecule has 0 aliphatic heterocycles. The predicted octanol–water partition coefficient (Wildman–Crippen LogP) is 4.17. The number of nitrogens with zero attached hydrogens (tertiary/aromatic N) is 2. The summed E-state index contributed by atoms with van der Waals surface area (Å²) >= 11 is 0. The number of hydrogen-bond donors (Lipinski definition) is 2. The van der Waals surface area contributed by atoms with Gasteiger partial charge in [0.1, 0.15) is 5.76 Å². The van der Waals surface area contributed by atoms with Crippen molar-refractivity contribution in [3.8, 4) is 0 Å². The summed E-state index contributed by atoms with van der Waals surface area (Å²) in [5.41, 5.74) is 1.83. The second-order valence-corrected chi connectivity index (χ2v) is 7.04. The number of esters is 1. The van der Waals surface area contributed by atoms with Gasteiger partial charge in [0.05, 0.1) is 38.7 Å². The second-order valence-electron chi connectivity index (χ2n) is 7.04. The Morgan fingerprint density at radius 1 is 1.29 bits per heavy atom. The molecule has 1 aromatic carbocycles. The fraction of sp³-hybridized carbons (Fsp3) is 0.318. The van der Waals surface area contributed by atoms with E-state index in [-0.39, 0.29) is 11.9 Å². The Morgan fingerprint density at radius 3 is 3.03 bits per heavy atom. The third-order valence-electron chi connectivity index (χ3n) is 4.96. The summed E-state index contributed by atoms with van der Waals surface area (Å²) in [7, 11) is 2.97. The molecule has 0 saturated heterocycles. The molecule has 0 saturated carbocycles. The molecular weight excluding hydrogens is 400 g/mol. The van der Waals surface area contributed by atoms with Crippen molar-refractivity contribution in [3.63, 3.8) is 0 Å². The molecule has 0 spiro atoms. The molecule has 2 heterocycles. The first-order chi connectivity index (χ1) is 15.2. The molecule has 1 unspecified atom stereocenters. The number of aromatic nitrogens is 3. The number of benzene rings is 1. The molecule has 31 heavy (non-hydrogen) atoms. The molecule has 0 amide bonds. The predicted molar refractivity (Wildman–Crippen MR) is 114 cm³/mol. The van der Waals surface area contributed by atoms with Gasteiger partial charge in [-0.05, 0) is 43.2 Å². The average molecular weight is 424 g/mol. The molecule has 0 radical (unpaired) electrons. The highest BCUT2D eigenvalue weighted by atomic mass is 16.5. The number of nitrogens with one attached hydrogen (secondary N) is 2. The van der Waals surface area contributed by atoms with Gasteiger partial charge in [-0.1, -0.05) is 0 Å². The number of allylic oxidation sites excluding steroid dienone is 2. The van der Waals surface area contributed by atoms with Crippen LogP contribution >= 0.6 is 0 Å². The maximum atomic E-state index is 11.2. The number of H-pyrrole nitrogens is 1. The quantitative estimate of drug-likeness (QED) is 0.389. The van der Waals surface area contributed by atoms with Crippen LogP contribution in [0.4, 0.5) is 11.7 Å². The summed E-state index contributed by atoms with van der Waals surface area (Å²) in [5, 5.41) is 11.1. The Kier molecular flexibility index (Phi) is 6.21. The van der Waals surface area contributed by atoms with Gasteiger partial charge in [-0.25, -0.2) is 4.98 Å². The molecule has 2 aromatic heterocycles. The number of methoxy groups -OCH3 is 2. The van der Waals surface area contributed by atoms with E-state index >= 15 is 0 Å². The van der Waals surface area contributed by atoms with Gasteiger partial charge in [-0.15, -0.1) is 0 Å². The highest BCUT2D eigenvalue weighted by Crippen LogP contribution is 2.33. The molecule has 3 aromatic rings. The minimum Gasteiger partial charge on any atom is -0.493 e. The first-order valence-corrected chi connectivity index (χ1v) is 9.98. The van der Waals surface area contributed by atoms with Crippen molar-refractivity contribution in [3.05, 3.63) is 60.0 Å². The number of oxazole rings is 1. The summed E-state index contributed by atoms with van der Waals surface area (Å²) < 4.78 is 21.8. The lowest BCUT2D eigenvalue weighted by Gasteiger charge is -2.20. The lowest BCUT2D eigenvalue weighted by molar-refractivity contribution is -0.140. The number of fused-ring (bicyclic) bond motifs is 1. The van der Waals surface area contributed by atoms with Crippen molar-refractivity contribution in [2.45, 2.75) is 25.2 Å². The molecule has 0 bridgehead atoms. The SMILES string of the molecule is COC(=O)CCCOC1=CCC(c2cnc(Nc3ccc4[nH]ncc4c3)o2)C=C1OC. The first kappa shape index (κ1) is 20.5. The number of ether oxygens (including phenoxy) is 3. The number of carbonyl (C=O) groups excluding carboxylic acids is 1. The van der Waals surface area contributed by atoms with Crippen LogP contribution in [0.5, 0.6) is 0 Å². The molecule has 1 aliphatic carbocycles. The Labute approximate surface area is 179 Å². The van der Waals surface area contributed by atoms with E-state index in [4.69, 9.17) is 13.9 Å². The topological polar surface area (TPSA) is 112 Å². The highest BCUT2D eigenvalue weighted by molar-refractivity contribution is 5.82. The highest BCUT2D eigenvalue weighted by Gasteiger charge is 2.22. The summed E-state index contributed by atoms with van der Waals surface area (Å²) in [6, 6.07) is 6.26. The van der Waals surface area contributed by atoms with Crippen molar-refractivity contribution in [1.82, 2.24) is 15.2 Å². The van der Waals surface area contributed by atoms with Crippen molar-refractivity contribution >= 4 is 28.6 Å². The van der Waals surface area contributed by atoms with E-state index in [2.05, 4.69) is 25.2 Å². The van der Waals surface area contributed by atoms with Crippen LogP contribution in [-0.2, 0) is 19.0 Å². The number of anilines is 2. The minimum absolute atomic E-state index is 0.0169. The lowest BCUT2D eigenvalue weighted by atomic mass is 9.97. The number of aromatic amines is 1. The largest absolute Gasteiger partial charge is 0.493 e. The third kappa shape index (κ3) is 4.88. The van der Waals surface area contributed by atoms with Crippen LogP contribution in [0.25, 0.3) is 10.9 Å². The van der Waals surface area contributed by atoms with Crippen LogP contribution < -0.4 is 5.32 Å². The molecular formula is C22H24N4O5. The van der Waals surface area contributed by atoms with Crippen molar-refractivity contribution in [2.24, 2.45) is 0 Å². The third-order valence-corrected chi connectivity index (χ3v) is 4.96. The number of hydrogen-bond acceptors (Lipinski definition) is 8. The van der Waals surface area contributed by atoms with Gasteiger partial charge in [0.25, 0.3) is 6.01 Å². The summed E-state index contributed by atoms with van der Waals surface area (Å²) in [4.78, 5) is 15.5. The van der Waals surface area contributed by atoms with Crippen LogP contribution in [-0.4, -0.2) is 42.0 Å². The molecule has 9 nitrogen and oxygen atoms in total. The van der Waals surface area contributed by atoms with Gasteiger partial charge < -0.3 is 23.9 Å². The summed E-state index contributed by atoms with van der Waals surface area (Å²) in [6.45, 7) is 0.406. The smallest absolute Gasteiger partial charge is 0.305 e. The molecule has 162 valence electrons. The molecule has 9 heteroatoms. The fourth-order valence-electron chi connectivity index (χ4n) is 3.32. The van der Waals surface area contributed by atoms with E-state index in [0.717, 1.165) is 22.4 Å². The standard InChI is InChI=1S/C22H24N4O5/c1-28-19-11-14(5-8-18(19)30-9-3-4-21(27)29-2)20-13-23-22(31-20)25-16-6-7-17-15(10-16)12-24-26-17/h6-8,10-14H,3-5,9H2,1-2H3,(H,23,25)(H,24,26). The zero-order chi connectivity index (χ0) is 21.6. The molecule has 1 aliphatic rings. The van der Waals surface area contributed by atoms with Crippen molar-refractivity contribution in [2.75, 3.05) is 26.1 Å². The Hall–Kier alpha value is -3.75. The van der Waals surface area contributed by atoms with Crippen molar-refractivity contribution < 1.29 is 23.4 Å². The molecule has 2 N–H and O–H groups in total. The summed E-state index contributed by atoms with van der Waals surface area (Å²) in [5.74, 6) is 1.75.